The Balaban J connectivity index is -0.000000145. The fourth-order valence-electron chi connectivity index (χ4n) is 1.05. The van der Waals surface area contributed by atoms with Gasteiger partial charge in [-0.25, -0.2) is 4.79 Å². The van der Waals surface area contributed by atoms with Crippen molar-refractivity contribution in [1.29, 1.82) is 0 Å². The molecule has 12 heteroatoms. The van der Waals surface area contributed by atoms with Gasteiger partial charge in [-0.1, -0.05) is 6.92 Å². The van der Waals surface area contributed by atoms with E-state index in [0.717, 1.165) is 0 Å². The minimum Gasteiger partial charge on any atom is -0.481 e. The van der Waals surface area contributed by atoms with Gasteiger partial charge in [-0.3, -0.25) is 19.2 Å². The number of aliphatic hydroxyl groups is 3. The molecular weight excluding hydrogens is 394 g/mol. The smallest absolute Gasteiger partial charge is 0.404 e. The van der Waals surface area contributed by atoms with E-state index in [9.17, 15) is 24.0 Å². The molecule has 7 N–H and O–H groups in total. The van der Waals surface area contributed by atoms with Crippen LogP contribution in [0.2, 0.25) is 0 Å². The summed E-state index contributed by atoms with van der Waals surface area (Å²) < 4.78 is 4.18. The summed E-state index contributed by atoms with van der Waals surface area (Å²) in [5.74, 6) is -2.75. The van der Waals surface area contributed by atoms with Gasteiger partial charge >= 0.3 is 18.0 Å². The maximum atomic E-state index is 9.87. The molecule has 1 amide bonds. The summed E-state index contributed by atoms with van der Waals surface area (Å²) in [5.41, 5.74) is 3.88. The molecule has 0 heterocycles. The van der Waals surface area contributed by atoms with E-state index in [0.29, 0.717) is 13.0 Å². The van der Waals surface area contributed by atoms with Crippen molar-refractivity contribution in [2.45, 2.75) is 47.0 Å². The summed E-state index contributed by atoms with van der Waals surface area (Å²) in [7, 11) is 0. The minimum atomic E-state index is -1.06. The van der Waals surface area contributed by atoms with Gasteiger partial charge in [-0.2, -0.15) is 0 Å². The fourth-order valence-corrected chi connectivity index (χ4v) is 1.05. The number of ether oxygens (including phenoxy) is 1. The molecular formula is C17H33NO11. The van der Waals surface area contributed by atoms with E-state index in [1.807, 2.05) is 6.92 Å². The third-order valence-electron chi connectivity index (χ3n) is 2.84. The summed E-state index contributed by atoms with van der Waals surface area (Å²) >= 11 is 0. The average molecular weight is 427 g/mol. The number of amides is 1. The van der Waals surface area contributed by atoms with Crippen LogP contribution in [-0.4, -0.2) is 81.6 Å². The molecule has 0 aliphatic carbocycles. The number of aliphatic carboxylic acids is 2. The minimum absolute atomic E-state index is 0.156. The number of rotatable bonds is 9. The standard InChI is InChI=1S/C6H14O3.2C4H6O3.C3H7NO2/c1-2-6(3-7,4-8)5-9;2*1-3(5)2-4(6)7;1-2-6-3(4)5/h7-9H,2-5H2,1H3;2*2H2,1H3,(H,6,7);2H2,1H3,(H2,4,5). The van der Waals surface area contributed by atoms with Gasteiger partial charge in [0.2, 0.25) is 0 Å². The molecule has 12 nitrogen and oxygen atoms in total. The van der Waals surface area contributed by atoms with Crippen LogP contribution in [0.3, 0.4) is 0 Å². The third-order valence-corrected chi connectivity index (χ3v) is 2.84. The Morgan fingerprint density at radius 1 is 0.793 bits per heavy atom. The molecule has 29 heavy (non-hydrogen) atoms. The molecule has 0 aromatic carbocycles. The first kappa shape index (κ1) is 34.0. The lowest BCUT2D eigenvalue weighted by molar-refractivity contribution is -0.141. The zero-order valence-corrected chi connectivity index (χ0v) is 17.2. The number of Topliss-reactive ketones (excluding diaryl/α,β-unsaturated/α-hetero) is 2. The molecule has 0 spiro atoms. The molecule has 0 radical (unpaired) electrons. The highest BCUT2D eigenvalue weighted by atomic mass is 16.5. The number of hydrogen-bond donors (Lipinski definition) is 6. The first-order valence-corrected chi connectivity index (χ1v) is 8.44. The molecule has 172 valence electrons. The third kappa shape index (κ3) is 33.4. The van der Waals surface area contributed by atoms with Gasteiger partial charge in [0.15, 0.2) is 0 Å². The Kier molecular flexibility index (Phi) is 25.5. The molecule has 0 saturated heterocycles. The van der Waals surface area contributed by atoms with Crippen molar-refractivity contribution in [3.8, 4) is 0 Å². The Labute approximate surface area is 169 Å². The second-order valence-electron chi connectivity index (χ2n) is 5.63. The first-order chi connectivity index (χ1) is 13.3. The zero-order valence-electron chi connectivity index (χ0n) is 17.2. The van der Waals surface area contributed by atoms with E-state index in [1.54, 1.807) is 6.92 Å². The van der Waals surface area contributed by atoms with Crippen LogP contribution >= 0.6 is 0 Å². The summed E-state index contributed by atoms with van der Waals surface area (Å²) in [5, 5.41) is 41.7. The van der Waals surface area contributed by atoms with E-state index >= 15 is 0 Å². The second kappa shape index (κ2) is 21.7. The summed E-state index contributed by atoms with van der Waals surface area (Å²) in [6.45, 7) is 5.90. The van der Waals surface area contributed by atoms with E-state index in [1.165, 1.54) is 13.8 Å². The van der Waals surface area contributed by atoms with Crippen LogP contribution < -0.4 is 5.73 Å². The number of carbonyl (C=O) groups excluding carboxylic acids is 3. The van der Waals surface area contributed by atoms with E-state index in [-0.39, 0.29) is 44.2 Å². The molecule has 0 unspecified atom stereocenters. The Hall–Kier alpha value is -2.57. The number of hydrogen-bond acceptors (Lipinski definition) is 9. The Morgan fingerprint density at radius 2 is 1.10 bits per heavy atom. The number of ketones is 2. The predicted molar refractivity (Wildman–Crippen MR) is 101 cm³/mol. The second-order valence-corrected chi connectivity index (χ2v) is 5.63. The lowest BCUT2D eigenvalue weighted by atomic mass is 9.88. The van der Waals surface area contributed by atoms with Crippen LogP contribution in [0.15, 0.2) is 0 Å². The van der Waals surface area contributed by atoms with Crippen molar-refractivity contribution >= 4 is 29.6 Å². The van der Waals surface area contributed by atoms with Crippen molar-refractivity contribution in [2.75, 3.05) is 26.4 Å². The summed E-state index contributed by atoms with van der Waals surface area (Å²) in [4.78, 5) is 48.5. The predicted octanol–water partition coefficient (Wildman–Crippen LogP) is -0.438. The quantitative estimate of drug-likeness (QED) is 0.259. The summed E-state index contributed by atoms with van der Waals surface area (Å²) in [6.07, 6.45) is -0.839. The van der Waals surface area contributed by atoms with Gasteiger partial charge in [0.05, 0.1) is 26.4 Å². The van der Waals surface area contributed by atoms with Crippen LogP contribution in [-0.2, 0) is 23.9 Å². The first-order valence-electron chi connectivity index (χ1n) is 8.44. The normalized spacial score (nSPS) is 9.21. The van der Waals surface area contributed by atoms with Gasteiger partial charge in [-0.15, -0.1) is 0 Å². The molecule has 0 atom stereocenters. The molecule has 0 aromatic heterocycles. The van der Waals surface area contributed by atoms with Crippen molar-refractivity contribution in [1.82, 2.24) is 0 Å². The molecule has 0 rings (SSSR count). The maximum Gasteiger partial charge on any atom is 0.404 e. The lowest BCUT2D eigenvalue weighted by Crippen LogP contribution is -2.32. The molecule has 0 aliphatic heterocycles. The van der Waals surface area contributed by atoms with Gasteiger partial charge in [0.25, 0.3) is 0 Å². The van der Waals surface area contributed by atoms with E-state index in [2.05, 4.69) is 10.5 Å². The van der Waals surface area contributed by atoms with Crippen LogP contribution in [0.5, 0.6) is 0 Å². The highest BCUT2D eigenvalue weighted by Gasteiger charge is 2.24. The maximum absolute atomic E-state index is 9.87. The number of carbonyl (C=O) groups is 5. The van der Waals surface area contributed by atoms with Gasteiger partial charge < -0.3 is 36.0 Å². The topological polar surface area (TPSA) is 222 Å². The highest BCUT2D eigenvalue weighted by Crippen LogP contribution is 2.18. The van der Waals surface area contributed by atoms with E-state index < -0.39 is 23.4 Å². The monoisotopic (exact) mass is 427 g/mol. The molecule has 0 aliphatic rings. The molecule has 0 aromatic rings. The van der Waals surface area contributed by atoms with Gasteiger partial charge in [-0.05, 0) is 27.2 Å². The summed E-state index contributed by atoms with van der Waals surface area (Å²) in [6, 6.07) is 0. The van der Waals surface area contributed by atoms with Crippen molar-refractivity contribution in [3.05, 3.63) is 0 Å². The number of carboxylic acids is 2. The number of nitrogens with two attached hydrogens (primary N) is 1. The number of carboxylic acid groups (broad SMARTS) is 2. The van der Waals surface area contributed by atoms with Crippen molar-refractivity contribution in [3.63, 3.8) is 0 Å². The van der Waals surface area contributed by atoms with Crippen molar-refractivity contribution < 1.29 is 54.2 Å². The highest BCUT2D eigenvalue weighted by molar-refractivity contribution is 5.93. The molecule has 0 bridgehead atoms. The largest absolute Gasteiger partial charge is 0.481 e. The Bertz CT molecular complexity index is 420. The van der Waals surface area contributed by atoms with Crippen molar-refractivity contribution in [2.24, 2.45) is 11.1 Å². The molecule has 0 saturated carbocycles. The fraction of sp³-hybridized carbons (Fsp3) is 0.706. The zero-order chi connectivity index (χ0) is 24.0. The van der Waals surface area contributed by atoms with Crippen LogP contribution in [0.4, 0.5) is 4.79 Å². The van der Waals surface area contributed by atoms with Crippen LogP contribution in [0.1, 0.15) is 47.0 Å². The van der Waals surface area contributed by atoms with Gasteiger partial charge in [0, 0.05) is 5.41 Å². The SMILES string of the molecule is CC(=O)CC(=O)O.CC(=O)CC(=O)O.CCC(CO)(CO)CO.CCOC(N)=O. The van der Waals surface area contributed by atoms with Crippen LogP contribution in [0, 0.1) is 5.41 Å². The Morgan fingerprint density at radius 3 is 1.10 bits per heavy atom. The lowest BCUT2D eigenvalue weighted by Gasteiger charge is -2.24. The van der Waals surface area contributed by atoms with E-state index in [4.69, 9.17) is 25.5 Å². The van der Waals surface area contributed by atoms with Gasteiger partial charge in [0.1, 0.15) is 24.4 Å². The number of primary amides is 1. The molecule has 0 fully saturated rings. The average Bonchev–Trinajstić information content (AvgIpc) is 2.56. The number of aliphatic hydroxyl groups excluding tert-OH is 3. The van der Waals surface area contributed by atoms with Crippen LogP contribution in [0.25, 0.3) is 0 Å².